The van der Waals surface area contributed by atoms with Gasteiger partial charge in [0.25, 0.3) is 0 Å². The monoisotopic (exact) mass is 261 g/mol. The molecule has 86 valence electrons. The van der Waals surface area contributed by atoms with Crippen LogP contribution in [0.15, 0.2) is 12.2 Å². The summed E-state index contributed by atoms with van der Waals surface area (Å²) < 4.78 is 0. The molecule has 2 N–H and O–H groups in total. The van der Waals surface area contributed by atoms with Gasteiger partial charge >= 0.3 is 63.3 Å². The molecule has 2 saturated carbocycles. The first-order valence-electron chi connectivity index (χ1n) is 5.70. The van der Waals surface area contributed by atoms with E-state index in [1.807, 2.05) is 0 Å². The van der Waals surface area contributed by atoms with Crippen LogP contribution in [0.2, 0.25) is 0 Å². The largest absolute Gasteiger partial charge is 1.00 e. The minimum absolute atomic E-state index is 0. The van der Waals surface area contributed by atoms with E-state index in [9.17, 15) is 19.8 Å². The number of hydrogen-bond donors (Lipinski definition) is 2. The fourth-order valence-electron chi connectivity index (χ4n) is 3.96. The van der Waals surface area contributed by atoms with Crippen molar-refractivity contribution in [3.63, 3.8) is 0 Å². The summed E-state index contributed by atoms with van der Waals surface area (Å²) in [6.45, 7) is 0. The van der Waals surface area contributed by atoms with Crippen molar-refractivity contribution < 1.29 is 71.2 Å². The smallest absolute Gasteiger partial charge is 0.480 e. The summed E-state index contributed by atoms with van der Waals surface area (Å²) in [6.07, 6.45) is 6.02. The van der Waals surface area contributed by atoms with Crippen LogP contribution in [0.3, 0.4) is 0 Å². The van der Waals surface area contributed by atoms with Gasteiger partial charge in [-0.05, 0) is 42.9 Å². The Hall–Kier alpha value is 0.316. The standard InChI is InChI=1S/C12H14O4.K/c13-10(14)12(11(15)16)4-8-6-1-2-7(3-6)9(8)5-12;/h1-2,6-9H,3-5H2,(H,13,14)(H,15,16);/q;+1. The van der Waals surface area contributed by atoms with Crippen LogP contribution in [0, 0.1) is 29.1 Å². The number of allylic oxidation sites excluding steroid dienone is 2. The molecule has 3 rings (SSSR count). The molecular weight excluding hydrogens is 247 g/mol. The Morgan fingerprint density at radius 1 is 1.00 bits per heavy atom. The number of rotatable bonds is 2. The molecule has 0 radical (unpaired) electrons. The first-order chi connectivity index (χ1) is 7.54. The Bertz CT molecular complexity index is 367. The Kier molecular flexibility index (Phi) is 3.60. The second kappa shape index (κ2) is 4.45. The SMILES string of the molecule is O=C(O)C1(C(=O)O)CC2C3C=CC(C3)C2C1.[K+]. The first kappa shape index (κ1) is 13.7. The summed E-state index contributed by atoms with van der Waals surface area (Å²) in [6, 6.07) is 0. The summed E-state index contributed by atoms with van der Waals surface area (Å²) in [5.74, 6) is -0.904. The van der Waals surface area contributed by atoms with E-state index in [1.54, 1.807) is 0 Å². The second-order valence-electron chi connectivity index (χ2n) is 5.38. The van der Waals surface area contributed by atoms with Crippen LogP contribution >= 0.6 is 0 Å². The van der Waals surface area contributed by atoms with E-state index in [0.717, 1.165) is 6.42 Å². The zero-order valence-corrected chi connectivity index (χ0v) is 12.9. The normalized spacial score (nSPS) is 39.8. The molecule has 5 heteroatoms. The molecule has 4 unspecified atom stereocenters. The van der Waals surface area contributed by atoms with Crippen molar-refractivity contribution in [3.05, 3.63) is 12.2 Å². The predicted octanol–water partition coefficient (Wildman–Crippen LogP) is -1.62. The molecule has 0 spiro atoms. The first-order valence-corrected chi connectivity index (χ1v) is 5.70. The van der Waals surface area contributed by atoms with Gasteiger partial charge in [-0.25, -0.2) is 0 Å². The van der Waals surface area contributed by atoms with Crippen molar-refractivity contribution in [2.45, 2.75) is 19.3 Å². The van der Waals surface area contributed by atoms with Gasteiger partial charge in [-0.3, -0.25) is 9.59 Å². The van der Waals surface area contributed by atoms with Crippen molar-refractivity contribution in [3.8, 4) is 0 Å². The molecule has 2 fully saturated rings. The fourth-order valence-corrected chi connectivity index (χ4v) is 3.96. The minimum Gasteiger partial charge on any atom is -0.480 e. The number of fused-ring (bicyclic) bond motifs is 5. The van der Waals surface area contributed by atoms with Crippen molar-refractivity contribution in [2.75, 3.05) is 0 Å². The van der Waals surface area contributed by atoms with Gasteiger partial charge in [-0.15, -0.1) is 0 Å². The summed E-state index contributed by atoms with van der Waals surface area (Å²) in [5, 5.41) is 18.4. The third kappa shape index (κ3) is 1.78. The minimum atomic E-state index is -1.52. The van der Waals surface area contributed by atoms with Crippen LogP contribution in [-0.2, 0) is 9.59 Å². The molecule has 0 aromatic heterocycles. The Morgan fingerprint density at radius 3 is 1.76 bits per heavy atom. The van der Waals surface area contributed by atoms with Crippen molar-refractivity contribution in [1.29, 1.82) is 0 Å². The maximum atomic E-state index is 11.2. The van der Waals surface area contributed by atoms with Crippen molar-refractivity contribution in [1.82, 2.24) is 0 Å². The third-order valence-electron chi connectivity index (χ3n) is 4.79. The molecule has 4 atom stereocenters. The number of hydrogen-bond acceptors (Lipinski definition) is 2. The van der Waals surface area contributed by atoms with Crippen LogP contribution in [0.1, 0.15) is 19.3 Å². The number of carboxylic acid groups (broad SMARTS) is 2. The summed E-state index contributed by atoms with van der Waals surface area (Å²) >= 11 is 0. The molecule has 0 heterocycles. The summed E-state index contributed by atoms with van der Waals surface area (Å²) in [5.41, 5.74) is -1.52. The zero-order valence-electron chi connectivity index (χ0n) is 9.80. The molecule has 0 saturated heterocycles. The van der Waals surface area contributed by atoms with Gasteiger partial charge in [-0.1, -0.05) is 12.2 Å². The van der Waals surface area contributed by atoms with Gasteiger partial charge in [0.2, 0.25) is 0 Å². The molecule has 0 aliphatic heterocycles. The maximum Gasteiger partial charge on any atom is 1.00 e. The fraction of sp³-hybridized carbons (Fsp3) is 0.667. The molecule has 3 aliphatic rings. The third-order valence-corrected chi connectivity index (χ3v) is 4.79. The van der Waals surface area contributed by atoms with Crippen LogP contribution in [0.4, 0.5) is 0 Å². The summed E-state index contributed by atoms with van der Waals surface area (Å²) in [7, 11) is 0. The van der Waals surface area contributed by atoms with Gasteiger partial charge in [0, 0.05) is 0 Å². The quantitative estimate of drug-likeness (QED) is 0.356. The zero-order chi connectivity index (χ0) is 11.5. The summed E-state index contributed by atoms with van der Waals surface area (Å²) in [4.78, 5) is 22.5. The van der Waals surface area contributed by atoms with E-state index in [0.29, 0.717) is 24.7 Å². The van der Waals surface area contributed by atoms with E-state index >= 15 is 0 Å². The van der Waals surface area contributed by atoms with Crippen LogP contribution in [-0.4, -0.2) is 22.2 Å². The Labute approximate surface area is 142 Å². The number of carbonyl (C=O) groups is 2. The maximum absolute atomic E-state index is 11.2. The molecular formula is C12H14KO4+. The molecule has 0 aromatic rings. The van der Waals surface area contributed by atoms with E-state index < -0.39 is 17.4 Å². The molecule has 2 bridgehead atoms. The molecule has 0 amide bonds. The van der Waals surface area contributed by atoms with Gasteiger partial charge in [0.15, 0.2) is 5.41 Å². The van der Waals surface area contributed by atoms with E-state index in [4.69, 9.17) is 0 Å². The van der Waals surface area contributed by atoms with E-state index in [-0.39, 0.29) is 63.2 Å². The van der Waals surface area contributed by atoms with Gasteiger partial charge in [-0.2, -0.15) is 0 Å². The second-order valence-corrected chi connectivity index (χ2v) is 5.38. The van der Waals surface area contributed by atoms with E-state index in [1.165, 1.54) is 0 Å². The molecule has 0 aromatic carbocycles. The molecule has 3 aliphatic carbocycles. The molecule has 4 nitrogen and oxygen atoms in total. The van der Waals surface area contributed by atoms with Crippen molar-refractivity contribution in [2.24, 2.45) is 29.1 Å². The van der Waals surface area contributed by atoms with Gasteiger partial charge in [0.1, 0.15) is 0 Å². The Balaban J connectivity index is 0.00000108. The Morgan fingerprint density at radius 2 is 1.41 bits per heavy atom. The number of aliphatic carboxylic acids is 2. The average Bonchev–Trinajstić information content (AvgIpc) is 2.88. The van der Waals surface area contributed by atoms with Gasteiger partial charge in [0.05, 0.1) is 0 Å². The van der Waals surface area contributed by atoms with E-state index in [2.05, 4.69) is 12.2 Å². The average molecular weight is 261 g/mol. The van der Waals surface area contributed by atoms with Crippen LogP contribution in [0.25, 0.3) is 0 Å². The number of carboxylic acids is 2. The van der Waals surface area contributed by atoms with Crippen LogP contribution < -0.4 is 51.4 Å². The van der Waals surface area contributed by atoms with Crippen molar-refractivity contribution >= 4 is 11.9 Å². The molecule has 17 heavy (non-hydrogen) atoms. The predicted molar refractivity (Wildman–Crippen MR) is 54.7 cm³/mol. The van der Waals surface area contributed by atoms with Crippen LogP contribution in [0.5, 0.6) is 0 Å². The van der Waals surface area contributed by atoms with Gasteiger partial charge < -0.3 is 10.2 Å². The topological polar surface area (TPSA) is 74.6 Å².